The second kappa shape index (κ2) is 15.6. The highest BCUT2D eigenvalue weighted by Gasteiger charge is 2.49. The number of hydrogen-bond acceptors (Lipinski definition) is 12. The number of Topliss-reactive ketones (excluding diaryl/α,β-unsaturated/α-hetero) is 6. The van der Waals surface area contributed by atoms with Gasteiger partial charge in [-0.3, -0.25) is 28.8 Å². The molecule has 15 heteroatoms. The van der Waals surface area contributed by atoms with Crippen LogP contribution < -0.4 is 10.6 Å². The van der Waals surface area contributed by atoms with Crippen molar-refractivity contribution >= 4 is 56.7 Å². The fraction of sp³-hybridized carbons (Fsp3) is 0.273. The summed E-state index contributed by atoms with van der Waals surface area (Å²) in [6, 6.07) is 19.1. The molecule has 0 aliphatic heterocycles. The van der Waals surface area contributed by atoms with Crippen LogP contribution in [0.2, 0.25) is 0 Å². The van der Waals surface area contributed by atoms with Crippen LogP contribution in [0.3, 0.4) is 0 Å². The molecule has 4 aromatic rings. The van der Waals surface area contributed by atoms with Gasteiger partial charge in [-0.05, 0) is 89.1 Å². The molecule has 304 valence electrons. The van der Waals surface area contributed by atoms with E-state index >= 15 is 0 Å². The molecule has 0 spiro atoms. The minimum absolute atomic E-state index is 0.208. The minimum atomic E-state index is -4.57. The van der Waals surface area contributed by atoms with Gasteiger partial charge in [-0.25, -0.2) is 18.0 Å². The molecule has 0 saturated carbocycles. The van der Waals surface area contributed by atoms with Crippen LogP contribution in [-0.4, -0.2) is 66.5 Å². The van der Waals surface area contributed by atoms with E-state index in [1.165, 1.54) is 24.3 Å². The second-order valence-corrected chi connectivity index (χ2v) is 18.0. The Morgan fingerprint density at radius 1 is 0.508 bits per heavy atom. The largest absolute Gasteiger partial charge is 0.444 e. The molecule has 2 unspecified atom stereocenters. The number of sulfone groups is 1. The van der Waals surface area contributed by atoms with E-state index in [0.717, 1.165) is 36.4 Å². The molecule has 14 nitrogen and oxygen atoms in total. The maximum absolute atomic E-state index is 14.0. The van der Waals surface area contributed by atoms with Crippen LogP contribution in [0.15, 0.2) is 107 Å². The van der Waals surface area contributed by atoms with Crippen molar-refractivity contribution in [3.8, 4) is 0 Å². The lowest BCUT2D eigenvalue weighted by atomic mass is 9.90. The quantitative estimate of drug-likeness (QED) is 0.172. The lowest BCUT2D eigenvalue weighted by Gasteiger charge is -2.24. The van der Waals surface area contributed by atoms with Gasteiger partial charge in [0.25, 0.3) is 0 Å². The van der Waals surface area contributed by atoms with E-state index in [1.807, 2.05) is 0 Å². The van der Waals surface area contributed by atoms with E-state index in [1.54, 1.807) is 77.9 Å². The summed E-state index contributed by atoms with van der Waals surface area (Å²) in [5.74, 6) is -9.49. The first kappa shape index (κ1) is 42.0. The van der Waals surface area contributed by atoms with Crippen LogP contribution in [0.4, 0.5) is 9.59 Å². The van der Waals surface area contributed by atoms with Gasteiger partial charge in [0.15, 0.2) is 34.7 Å². The van der Waals surface area contributed by atoms with Crippen molar-refractivity contribution in [1.82, 2.24) is 10.6 Å². The molecule has 4 aromatic carbocycles. The monoisotopic (exact) mass is 820 g/mol. The second-order valence-electron chi connectivity index (χ2n) is 16.0. The molecule has 4 atom stereocenters. The molecule has 0 radical (unpaired) electrons. The Morgan fingerprint density at radius 3 is 1.15 bits per heavy atom. The average molecular weight is 821 g/mol. The number of ether oxygens (including phenoxy) is 2. The fourth-order valence-corrected chi connectivity index (χ4v) is 8.16. The standard InChI is InChI=1S/C44H40N2O12S/c1-43(2,3)57-41(53)45-33(23-13-9-7-10-14-23)39(51)31-35(47)27-19-17-25(21-29(27)37(31)49)59(55,56)26-18-20-28-30(22-26)38(50)32(36(28)48)40(52)34(24-15-11-8-12-16-24)46-42(54)58-44(4,5)6/h7-22,31-34H,1-6H3,(H,45,53)(H,46,54)/t31?,32?,33-,34-/m1/s1. The highest BCUT2D eigenvalue weighted by Crippen LogP contribution is 2.37. The third-order valence-electron chi connectivity index (χ3n) is 9.44. The van der Waals surface area contributed by atoms with Crippen LogP contribution in [0, 0.1) is 11.8 Å². The average Bonchev–Trinajstić information content (AvgIpc) is 3.57. The Kier molecular flexibility index (Phi) is 11.1. The Morgan fingerprint density at radius 2 is 0.831 bits per heavy atom. The topological polar surface area (TPSA) is 213 Å². The molecule has 0 aromatic heterocycles. The minimum Gasteiger partial charge on any atom is -0.444 e. The van der Waals surface area contributed by atoms with E-state index in [0.29, 0.717) is 0 Å². The summed E-state index contributed by atoms with van der Waals surface area (Å²) in [5, 5.41) is 4.90. The summed E-state index contributed by atoms with van der Waals surface area (Å²) in [7, 11) is -4.57. The van der Waals surface area contributed by atoms with Crippen molar-refractivity contribution in [1.29, 1.82) is 0 Å². The fourth-order valence-electron chi connectivity index (χ4n) is 6.84. The predicted molar refractivity (Wildman–Crippen MR) is 210 cm³/mol. The number of carbonyl (C=O) groups excluding carboxylic acids is 8. The van der Waals surface area contributed by atoms with Gasteiger partial charge in [-0.2, -0.15) is 0 Å². The number of benzene rings is 4. The van der Waals surface area contributed by atoms with Crippen molar-refractivity contribution in [3.05, 3.63) is 130 Å². The zero-order chi connectivity index (χ0) is 43.2. The van der Waals surface area contributed by atoms with Crippen molar-refractivity contribution in [3.63, 3.8) is 0 Å². The van der Waals surface area contributed by atoms with Gasteiger partial charge < -0.3 is 20.1 Å². The highest BCUT2D eigenvalue weighted by atomic mass is 32.2. The Labute approximate surface area is 339 Å². The van der Waals surface area contributed by atoms with Crippen LogP contribution >= 0.6 is 0 Å². The van der Waals surface area contributed by atoms with Crippen LogP contribution in [-0.2, 0) is 28.9 Å². The molecule has 0 fully saturated rings. The maximum atomic E-state index is 14.0. The highest BCUT2D eigenvalue weighted by molar-refractivity contribution is 7.91. The molecular weight excluding hydrogens is 781 g/mol. The molecule has 59 heavy (non-hydrogen) atoms. The first-order valence-electron chi connectivity index (χ1n) is 18.5. The molecule has 0 bridgehead atoms. The molecule has 0 saturated heterocycles. The summed E-state index contributed by atoms with van der Waals surface area (Å²) in [4.78, 5) is 107. The van der Waals surface area contributed by atoms with E-state index in [-0.39, 0.29) is 33.4 Å². The molecule has 2 N–H and O–H groups in total. The van der Waals surface area contributed by atoms with Crippen molar-refractivity contribution < 1.29 is 56.2 Å². The van der Waals surface area contributed by atoms with Gasteiger partial charge >= 0.3 is 12.2 Å². The third kappa shape index (κ3) is 8.51. The summed E-state index contributed by atoms with van der Waals surface area (Å²) in [5.41, 5.74) is -2.43. The first-order chi connectivity index (χ1) is 27.6. The normalized spacial score (nSPS) is 17.4. The van der Waals surface area contributed by atoms with Gasteiger partial charge in [-0.1, -0.05) is 60.7 Å². The SMILES string of the molecule is CC(C)(C)OC(=O)N[C@@H](C(=O)C1C(=O)c2ccc(S(=O)(=O)c3ccc4c(c3)C(=O)C(C(=O)[C@H](NC(=O)OC(C)(C)C)c3ccccc3)C4=O)cc2C1=O)c1ccccc1. The van der Waals surface area contributed by atoms with E-state index < -0.39 is 102 Å². The van der Waals surface area contributed by atoms with Gasteiger partial charge in [0.1, 0.15) is 35.1 Å². The molecule has 0 heterocycles. The summed E-state index contributed by atoms with van der Waals surface area (Å²) in [6.45, 7) is 9.70. The zero-order valence-electron chi connectivity index (χ0n) is 32.9. The Hall–Kier alpha value is -6.61. The molecule has 6 rings (SSSR count). The zero-order valence-corrected chi connectivity index (χ0v) is 33.7. The number of rotatable bonds is 10. The maximum Gasteiger partial charge on any atom is 0.408 e. The Bertz CT molecular complexity index is 2380. The van der Waals surface area contributed by atoms with Crippen molar-refractivity contribution in [2.24, 2.45) is 11.8 Å². The summed E-state index contributed by atoms with van der Waals surface area (Å²) < 4.78 is 38.7. The number of fused-ring (bicyclic) bond motifs is 2. The van der Waals surface area contributed by atoms with E-state index in [4.69, 9.17) is 9.47 Å². The first-order valence-corrected chi connectivity index (χ1v) is 19.9. The number of hydrogen-bond donors (Lipinski definition) is 2. The Balaban J connectivity index is 1.27. The smallest absolute Gasteiger partial charge is 0.408 e. The lowest BCUT2D eigenvalue weighted by molar-refractivity contribution is -0.123. The van der Waals surface area contributed by atoms with Crippen molar-refractivity contribution in [2.75, 3.05) is 0 Å². The molecule has 2 aliphatic rings. The van der Waals surface area contributed by atoms with Gasteiger partial charge in [0.05, 0.1) is 9.79 Å². The van der Waals surface area contributed by atoms with Crippen LogP contribution in [0.1, 0.15) is 106 Å². The number of carbonyl (C=O) groups is 8. The predicted octanol–water partition coefficient (Wildman–Crippen LogP) is 6.18. The molecule has 2 aliphatic carbocycles. The lowest BCUT2D eigenvalue weighted by Crippen LogP contribution is -2.42. The third-order valence-corrected chi connectivity index (χ3v) is 11.2. The van der Waals surface area contributed by atoms with Gasteiger partial charge in [-0.15, -0.1) is 0 Å². The van der Waals surface area contributed by atoms with Gasteiger partial charge in [0.2, 0.25) is 9.84 Å². The van der Waals surface area contributed by atoms with Crippen molar-refractivity contribution in [2.45, 2.75) is 74.6 Å². The van der Waals surface area contributed by atoms with E-state index in [2.05, 4.69) is 10.6 Å². The molecular formula is C44H40N2O12S. The van der Waals surface area contributed by atoms with Crippen LogP contribution in [0.25, 0.3) is 0 Å². The van der Waals surface area contributed by atoms with E-state index in [9.17, 15) is 46.8 Å². The van der Waals surface area contributed by atoms with Gasteiger partial charge in [0, 0.05) is 22.3 Å². The number of ketones is 6. The molecule has 2 amide bonds. The summed E-state index contributed by atoms with van der Waals surface area (Å²) >= 11 is 0. The number of nitrogens with one attached hydrogen (secondary N) is 2. The summed E-state index contributed by atoms with van der Waals surface area (Å²) in [6.07, 6.45) is -1.94. The van der Waals surface area contributed by atoms with Crippen LogP contribution in [0.5, 0.6) is 0 Å². The number of alkyl carbamates (subject to hydrolysis) is 2. The number of amides is 2.